The summed E-state index contributed by atoms with van der Waals surface area (Å²) in [6.45, 7) is 2.98. The van der Waals surface area contributed by atoms with Crippen LogP contribution in [-0.2, 0) is 24.3 Å². The van der Waals surface area contributed by atoms with Crippen molar-refractivity contribution in [2.24, 2.45) is 5.92 Å². The topological polar surface area (TPSA) is 82.2 Å². The maximum atomic E-state index is 13.1. The van der Waals surface area contributed by atoms with E-state index in [1.165, 1.54) is 0 Å². The van der Waals surface area contributed by atoms with E-state index in [0.717, 1.165) is 75.0 Å². The van der Waals surface area contributed by atoms with Crippen LogP contribution < -0.4 is 5.56 Å². The molecule has 0 aromatic carbocycles. The summed E-state index contributed by atoms with van der Waals surface area (Å²) in [5, 5.41) is 0. The molecule has 1 N–H and O–H groups in total. The molecule has 2 aromatic rings. The Balaban J connectivity index is 1.33. The van der Waals surface area contributed by atoms with Crippen LogP contribution >= 0.6 is 0 Å². The largest absolute Gasteiger partial charge is 0.332 e. The van der Waals surface area contributed by atoms with E-state index in [1.807, 2.05) is 17.2 Å². The van der Waals surface area contributed by atoms with Gasteiger partial charge in [-0.2, -0.15) is 0 Å². The molecule has 2 aromatic heterocycles. The molecule has 0 spiro atoms. The minimum absolute atomic E-state index is 0.0595. The highest BCUT2D eigenvalue weighted by molar-refractivity contribution is 5.80. The molecule has 2 aliphatic heterocycles. The van der Waals surface area contributed by atoms with Crippen molar-refractivity contribution in [2.75, 3.05) is 13.1 Å². The van der Waals surface area contributed by atoms with Gasteiger partial charge in [0.2, 0.25) is 5.91 Å². The summed E-state index contributed by atoms with van der Waals surface area (Å²) in [5.74, 6) is 0.951. The molecule has 5 rings (SSSR count). The van der Waals surface area contributed by atoms with Gasteiger partial charge in [0.05, 0.1) is 17.3 Å². The van der Waals surface area contributed by atoms with Crippen LogP contribution in [0.1, 0.15) is 60.8 Å². The van der Waals surface area contributed by atoms with Gasteiger partial charge in [-0.15, -0.1) is 0 Å². The van der Waals surface area contributed by atoms with Gasteiger partial charge in [-0.05, 0) is 43.7 Å². The average molecular weight is 420 g/mol. The molecule has 7 heteroatoms. The predicted octanol–water partition coefficient (Wildman–Crippen LogP) is 2.74. The van der Waals surface area contributed by atoms with Gasteiger partial charge in [0.1, 0.15) is 5.82 Å². The fourth-order valence-corrected chi connectivity index (χ4v) is 5.11. The van der Waals surface area contributed by atoms with Crippen molar-refractivity contribution in [2.45, 2.75) is 57.7 Å². The lowest BCUT2D eigenvalue weighted by Crippen LogP contribution is -2.39. The lowest BCUT2D eigenvalue weighted by atomic mass is 9.93. The molecule has 2 atom stereocenters. The van der Waals surface area contributed by atoms with E-state index < -0.39 is 0 Å². The molecule has 1 fully saturated rings. The molecule has 1 amide bonds. The van der Waals surface area contributed by atoms with Crippen LogP contribution in [0.25, 0.3) is 0 Å². The quantitative estimate of drug-likeness (QED) is 0.771. The molecule has 4 heterocycles. The Morgan fingerprint density at radius 1 is 1.23 bits per heavy atom. The van der Waals surface area contributed by atoms with Gasteiger partial charge in [-0.3, -0.25) is 19.5 Å². The van der Waals surface area contributed by atoms with Crippen LogP contribution in [0.3, 0.4) is 0 Å². The molecule has 1 saturated heterocycles. The number of nitrogens with one attached hydrogen (secondary N) is 1. The highest BCUT2D eigenvalue weighted by atomic mass is 16.2. The molecule has 162 valence electrons. The highest BCUT2D eigenvalue weighted by Crippen LogP contribution is 2.33. The number of carbonyl (C=O) groups is 1. The number of fused-ring (bicyclic) bond motifs is 1. The molecule has 0 bridgehead atoms. The van der Waals surface area contributed by atoms with E-state index in [0.29, 0.717) is 12.4 Å². The number of allylic oxidation sites excluding steroid dienone is 2. The third kappa shape index (κ3) is 4.19. The minimum atomic E-state index is -0.107. The number of aromatic nitrogens is 3. The SMILES string of the molecule is O=C(C1CC=CCC1)N1CCCC1c1nc2c(c(=O)[nH]1)CN(Cc1cccnc1)CC2. The zero-order valence-corrected chi connectivity index (χ0v) is 17.8. The van der Waals surface area contributed by atoms with Gasteiger partial charge >= 0.3 is 0 Å². The molecule has 3 aliphatic rings. The number of rotatable bonds is 4. The number of carbonyl (C=O) groups excluding carboxylic acids is 1. The van der Waals surface area contributed by atoms with Crippen molar-refractivity contribution in [1.82, 2.24) is 24.8 Å². The molecule has 31 heavy (non-hydrogen) atoms. The summed E-state index contributed by atoms with van der Waals surface area (Å²) in [7, 11) is 0. The Kier molecular flexibility index (Phi) is 5.68. The van der Waals surface area contributed by atoms with Crippen molar-refractivity contribution >= 4 is 5.91 Å². The lowest BCUT2D eigenvalue weighted by Gasteiger charge is -2.31. The number of nitrogens with zero attached hydrogens (tertiary/aromatic N) is 4. The summed E-state index contributed by atoms with van der Waals surface area (Å²) in [6, 6.07) is 3.89. The van der Waals surface area contributed by atoms with Crippen LogP contribution in [0.15, 0.2) is 41.5 Å². The Bertz CT molecular complexity index is 1030. The molecular weight excluding hydrogens is 390 g/mol. The Labute approximate surface area is 182 Å². The van der Waals surface area contributed by atoms with E-state index in [-0.39, 0.29) is 23.4 Å². The molecular formula is C24H29N5O2. The zero-order chi connectivity index (χ0) is 21.2. The molecule has 1 aliphatic carbocycles. The second kappa shape index (κ2) is 8.75. The number of aromatic amines is 1. The summed E-state index contributed by atoms with van der Waals surface area (Å²) in [5.41, 5.74) is 2.73. The fraction of sp³-hybridized carbons (Fsp3) is 0.500. The first-order valence-electron chi connectivity index (χ1n) is 11.4. The van der Waals surface area contributed by atoms with Gasteiger partial charge in [-0.1, -0.05) is 18.2 Å². The van der Waals surface area contributed by atoms with Crippen LogP contribution in [0.5, 0.6) is 0 Å². The van der Waals surface area contributed by atoms with Gasteiger partial charge in [0.15, 0.2) is 0 Å². The Morgan fingerprint density at radius 2 is 2.16 bits per heavy atom. The van der Waals surface area contributed by atoms with Crippen molar-refractivity contribution < 1.29 is 4.79 Å². The lowest BCUT2D eigenvalue weighted by molar-refractivity contribution is -0.136. The Morgan fingerprint density at radius 3 is 2.97 bits per heavy atom. The van der Waals surface area contributed by atoms with E-state index in [2.05, 4.69) is 33.1 Å². The van der Waals surface area contributed by atoms with E-state index >= 15 is 0 Å². The first-order valence-corrected chi connectivity index (χ1v) is 11.4. The highest BCUT2D eigenvalue weighted by Gasteiger charge is 2.36. The molecule has 7 nitrogen and oxygen atoms in total. The normalized spacial score (nSPS) is 23.7. The van der Waals surface area contributed by atoms with Crippen LogP contribution in [0.4, 0.5) is 0 Å². The monoisotopic (exact) mass is 419 g/mol. The van der Waals surface area contributed by atoms with Gasteiger partial charge < -0.3 is 9.88 Å². The number of likely N-dealkylation sites (tertiary alicyclic amines) is 1. The zero-order valence-electron chi connectivity index (χ0n) is 17.8. The second-order valence-electron chi connectivity index (χ2n) is 8.87. The smallest absolute Gasteiger partial charge is 0.255 e. The fourth-order valence-electron chi connectivity index (χ4n) is 5.11. The standard InChI is InChI=1S/C24H29N5O2/c30-23-19-16-28(15-17-6-4-11-25-14-17)13-10-20(19)26-22(27-23)21-9-5-12-29(21)24(31)18-7-2-1-3-8-18/h1-2,4,6,11,14,18,21H,3,5,7-10,12-13,15-16H2,(H,26,27,30). The van der Waals surface area contributed by atoms with Crippen molar-refractivity contribution in [3.63, 3.8) is 0 Å². The van der Waals surface area contributed by atoms with Crippen molar-refractivity contribution in [3.8, 4) is 0 Å². The van der Waals surface area contributed by atoms with Crippen LogP contribution in [0, 0.1) is 5.92 Å². The third-order valence-corrected chi connectivity index (χ3v) is 6.76. The molecule has 2 unspecified atom stereocenters. The maximum absolute atomic E-state index is 13.1. The average Bonchev–Trinajstić information content (AvgIpc) is 3.30. The maximum Gasteiger partial charge on any atom is 0.255 e. The van der Waals surface area contributed by atoms with Crippen LogP contribution in [-0.4, -0.2) is 43.7 Å². The van der Waals surface area contributed by atoms with E-state index in [9.17, 15) is 9.59 Å². The molecule has 0 saturated carbocycles. The summed E-state index contributed by atoms with van der Waals surface area (Å²) in [6.07, 6.45) is 13.2. The number of H-pyrrole nitrogens is 1. The molecule has 0 radical (unpaired) electrons. The third-order valence-electron chi connectivity index (χ3n) is 6.76. The summed E-state index contributed by atoms with van der Waals surface area (Å²) < 4.78 is 0. The van der Waals surface area contributed by atoms with Crippen molar-refractivity contribution in [3.05, 3.63) is 69.7 Å². The first-order chi connectivity index (χ1) is 15.2. The predicted molar refractivity (Wildman–Crippen MR) is 117 cm³/mol. The van der Waals surface area contributed by atoms with Gasteiger partial charge in [0.25, 0.3) is 5.56 Å². The van der Waals surface area contributed by atoms with E-state index in [4.69, 9.17) is 4.98 Å². The summed E-state index contributed by atoms with van der Waals surface area (Å²) in [4.78, 5) is 42.4. The van der Waals surface area contributed by atoms with Gasteiger partial charge in [0, 0.05) is 50.9 Å². The number of pyridine rings is 1. The second-order valence-corrected chi connectivity index (χ2v) is 8.87. The van der Waals surface area contributed by atoms with Gasteiger partial charge in [-0.25, -0.2) is 4.98 Å². The summed E-state index contributed by atoms with van der Waals surface area (Å²) >= 11 is 0. The Hall–Kier alpha value is -2.80. The minimum Gasteiger partial charge on any atom is -0.332 e. The first kappa shape index (κ1) is 20.1. The number of amides is 1. The number of hydrogen-bond donors (Lipinski definition) is 1. The van der Waals surface area contributed by atoms with Crippen LogP contribution in [0.2, 0.25) is 0 Å². The van der Waals surface area contributed by atoms with Crippen molar-refractivity contribution in [1.29, 1.82) is 0 Å². The van der Waals surface area contributed by atoms with E-state index in [1.54, 1.807) is 6.20 Å². The number of hydrogen-bond acceptors (Lipinski definition) is 5.